The van der Waals surface area contributed by atoms with Crippen LogP contribution in [0.1, 0.15) is 22.8 Å². The SMILES string of the molecule is CCOc1ccc2nc(NC(=O)c3cccc(NS(=O)(=O)c4ccc(C)cc4)c3)sc2c1. The number of anilines is 2. The summed E-state index contributed by atoms with van der Waals surface area (Å²) >= 11 is 1.34. The van der Waals surface area contributed by atoms with Crippen molar-refractivity contribution in [2.45, 2.75) is 18.7 Å². The molecule has 0 saturated heterocycles. The van der Waals surface area contributed by atoms with Crippen LogP contribution in [0.15, 0.2) is 71.6 Å². The Bertz CT molecular complexity index is 1380. The summed E-state index contributed by atoms with van der Waals surface area (Å²) in [5, 5.41) is 3.23. The third-order valence-corrected chi connectivity index (χ3v) is 6.93. The molecule has 164 valence electrons. The van der Waals surface area contributed by atoms with Gasteiger partial charge in [-0.15, -0.1) is 0 Å². The fourth-order valence-electron chi connectivity index (χ4n) is 3.04. The van der Waals surface area contributed by atoms with Gasteiger partial charge in [-0.25, -0.2) is 13.4 Å². The Morgan fingerprint density at radius 2 is 1.84 bits per heavy atom. The number of carbonyl (C=O) groups excluding carboxylic acids is 1. The predicted molar refractivity (Wildman–Crippen MR) is 127 cm³/mol. The zero-order valence-corrected chi connectivity index (χ0v) is 19.1. The number of hydrogen-bond acceptors (Lipinski definition) is 6. The van der Waals surface area contributed by atoms with Crippen LogP contribution >= 0.6 is 11.3 Å². The van der Waals surface area contributed by atoms with Gasteiger partial charge in [0.05, 0.1) is 21.7 Å². The molecule has 4 aromatic rings. The van der Waals surface area contributed by atoms with Gasteiger partial charge < -0.3 is 4.74 Å². The van der Waals surface area contributed by atoms with Crippen molar-refractivity contribution in [3.05, 3.63) is 77.9 Å². The number of carbonyl (C=O) groups is 1. The van der Waals surface area contributed by atoms with Crippen molar-refractivity contribution in [3.8, 4) is 5.75 Å². The molecule has 0 aliphatic heterocycles. The van der Waals surface area contributed by atoms with Gasteiger partial charge in [0.1, 0.15) is 5.75 Å². The van der Waals surface area contributed by atoms with E-state index < -0.39 is 10.0 Å². The van der Waals surface area contributed by atoms with Crippen molar-refractivity contribution >= 4 is 48.3 Å². The Kier molecular flexibility index (Phi) is 6.11. The van der Waals surface area contributed by atoms with Crippen LogP contribution in [0.5, 0.6) is 5.75 Å². The monoisotopic (exact) mass is 467 g/mol. The minimum absolute atomic E-state index is 0.152. The second-order valence-electron chi connectivity index (χ2n) is 7.04. The van der Waals surface area contributed by atoms with Crippen molar-refractivity contribution < 1.29 is 17.9 Å². The average Bonchev–Trinajstić information content (AvgIpc) is 3.15. The number of aromatic nitrogens is 1. The lowest BCUT2D eigenvalue weighted by atomic mass is 10.2. The van der Waals surface area contributed by atoms with Crippen molar-refractivity contribution in [3.63, 3.8) is 0 Å². The number of rotatable bonds is 7. The van der Waals surface area contributed by atoms with E-state index in [0.717, 1.165) is 21.5 Å². The van der Waals surface area contributed by atoms with Crippen molar-refractivity contribution in [2.75, 3.05) is 16.6 Å². The normalized spacial score (nSPS) is 11.3. The van der Waals surface area contributed by atoms with E-state index in [9.17, 15) is 13.2 Å². The van der Waals surface area contributed by atoms with Gasteiger partial charge in [0.25, 0.3) is 15.9 Å². The molecule has 0 bridgehead atoms. The smallest absolute Gasteiger partial charge is 0.261 e. The predicted octanol–water partition coefficient (Wildman–Crippen LogP) is 5.06. The third-order valence-electron chi connectivity index (χ3n) is 4.60. The summed E-state index contributed by atoms with van der Waals surface area (Å²) in [6.45, 7) is 4.37. The Morgan fingerprint density at radius 3 is 2.59 bits per heavy atom. The maximum absolute atomic E-state index is 12.7. The van der Waals surface area contributed by atoms with E-state index in [0.29, 0.717) is 23.0 Å². The third kappa shape index (κ3) is 4.90. The van der Waals surface area contributed by atoms with E-state index in [1.807, 2.05) is 32.0 Å². The molecule has 32 heavy (non-hydrogen) atoms. The summed E-state index contributed by atoms with van der Waals surface area (Å²) in [4.78, 5) is 17.3. The van der Waals surface area contributed by atoms with E-state index in [4.69, 9.17) is 4.74 Å². The highest BCUT2D eigenvalue weighted by molar-refractivity contribution is 7.92. The molecule has 0 atom stereocenters. The molecule has 1 heterocycles. The van der Waals surface area contributed by atoms with E-state index in [1.54, 1.807) is 30.3 Å². The molecule has 0 unspecified atom stereocenters. The van der Waals surface area contributed by atoms with Gasteiger partial charge >= 0.3 is 0 Å². The molecule has 4 rings (SSSR count). The summed E-state index contributed by atoms with van der Waals surface area (Å²) in [7, 11) is -3.76. The molecular weight excluding hydrogens is 446 g/mol. The van der Waals surface area contributed by atoms with Gasteiger partial charge in [0, 0.05) is 11.3 Å². The van der Waals surface area contributed by atoms with Crippen LogP contribution in [0.3, 0.4) is 0 Å². The number of sulfonamides is 1. The Balaban J connectivity index is 1.51. The number of fused-ring (bicyclic) bond motifs is 1. The molecule has 1 aromatic heterocycles. The first kappa shape index (κ1) is 21.8. The lowest BCUT2D eigenvalue weighted by Crippen LogP contribution is -2.15. The van der Waals surface area contributed by atoms with Crippen LogP contribution in [0.25, 0.3) is 10.2 Å². The largest absolute Gasteiger partial charge is 0.494 e. The van der Waals surface area contributed by atoms with Crippen LogP contribution in [0.4, 0.5) is 10.8 Å². The maximum atomic E-state index is 12.7. The topological polar surface area (TPSA) is 97.4 Å². The number of thiazole rings is 1. The number of amides is 1. The first-order valence-corrected chi connectivity index (χ1v) is 12.2. The van der Waals surface area contributed by atoms with Crippen LogP contribution in [0, 0.1) is 6.92 Å². The molecule has 1 amide bonds. The van der Waals surface area contributed by atoms with Gasteiger partial charge in [-0.05, 0) is 62.4 Å². The average molecular weight is 468 g/mol. The number of ether oxygens (including phenoxy) is 1. The van der Waals surface area contributed by atoms with Crippen molar-refractivity contribution in [1.82, 2.24) is 4.98 Å². The summed E-state index contributed by atoms with van der Waals surface area (Å²) in [5.74, 6) is 0.362. The van der Waals surface area contributed by atoms with Crippen LogP contribution < -0.4 is 14.8 Å². The number of benzene rings is 3. The molecule has 3 aromatic carbocycles. The van der Waals surface area contributed by atoms with E-state index in [-0.39, 0.29) is 10.8 Å². The van der Waals surface area contributed by atoms with E-state index in [2.05, 4.69) is 15.0 Å². The molecule has 0 saturated carbocycles. The molecule has 0 aliphatic rings. The Labute approximate surface area is 190 Å². The van der Waals surface area contributed by atoms with Gasteiger partial charge in [-0.2, -0.15) is 0 Å². The number of hydrogen-bond donors (Lipinski definition) is 2. The summed E-state index contributed by atoms with van der Waals surface area (Å²) in [6.07, 6.45) is 0. The molecule has 9 heteroatoms. The highest BCUT2D eigenvalue weighted by Crippen LogP contribution is 2.29. The molecule has 2 N–H and O–H groups in total. The Morgan fingerprint density at radius 1 is 1.06 bits per heavy atom. The molecular formula is C23H21N3O4S2. The summed E-state index contributed by atoms with van der Waals surface area (Å²) in [5.41, 5.74) is 2.33. The molecule has 0 radical (unpaired) electrons. The fraction of sp³-hybridized carbons (Fsp3) is 0.130. The zero-order valence-electron chi connectivity index (χ0n) is 17.5. The molecule has 7 nitrogen and oxygen atoms in total. The first-order chi connectivity index (χ1) is 15.3. The Hall–Kier alpha value is -3.43. The number of nitrogens with zero attached hydrogens (tertiary/aromatic N) is 1. The lowest BCUT2D eigenvalue weighted by Gasteiger charge is -2.10. The van der Waals surface area contributed by atoms with Gasteiger partial charge in [-0.1, -0.05) is 35.1 Å². The molecule has 0 aliphatic carbocycles. The van der Waals surface area contributed by atoms with Gasteiger partial charge in [-0.3, -0.25) is 14.8 Å². The van der Waals surface area contributed by atoms with Gasteiger partial charge in [0.2, 0.25) is 0 Å². The molecule has 0 fully saturated rings. The minimum atomic E-state index is -3.76. The van der Waals surface area contributed by atoms with E-state index in [1.165, 1.54) is 29.5 Å². The van der Waals surface area contributed by atoms with Crippen molar-refractivity contribution in [1.29, 1.82) is 0 Å². The van der Waals surface area contributed by atoms with Crippen LogP contribution in [0.2, 0.25) is 0 Å². The first-order valence-electron chi connectivity index (χ1n) is 9.88. The quantitative estimate of drug-likeness (QED) is 0.396. The molecule has 0 spiro atoms. The fourth-order valence-corrected chi connectivity index (χ4v) is 4.98. The minimum Gasteiger partial charge on any atom is -0.494 e. The summed E-state index contributed by atoms with van der Waals surface area (Å²) < 4.78 is 34.2. The standard InChI is InChI=1S/C23H21N3O4S2/c1-3-30-18-9-12-20-21(14-18)31-23(24-20)25-22(27)16-5-4-6-17(13-16)26-32(28,29)19-10-7-15(2)8-11-19/h4-14,26H,3H2,1-2H3,(H,24,25,27). The van der Waals surface area contributed by atoms with Crippen LogP contribution in [-0.4, -0.2) is 25.9 Å². The van der Waals surface area contributed by atoms with E-state index >= 15 is 0 Å². The highest BCUT2D eigenvalue weighted by atomic mass is 32.2. The number of nitrogens with one attached hydrogen (secondary N) is 2. The van der Waals surface area contributed by atoms with Crippen LogP contribution in [-0.2, 0) is 10.0 Å². The lowest BCUT2D eigenvalue weighted by molar-refractivity contribution is 0.102. The van der Waals surface area contributed by atoms with Gasteiger partial charge in [0.15, 0.2) is 5.13 Å². The maximum Gasteiger partial charge on any atom is 0.261 e. The second kappa shape index (κ2) is 8.97. The highest BCUT2D eigenvalue weighted by Gasteiger charge is 2.16. The zero-order chi connectivity index (χ0) is 22.7. The number of aryl methyl sites for hydroxylation is 1. The van der Waals surface area contributed by atoms with Crippen molar-refractivity contribution in [2.24, 2.45) is 0 Å². The summed E-state index contributed by atoms with van der Waals surface area (Å²) in [6, 6.07) is 18.4. The second-order valence-corrected chi connectivity index (χ2v) is 9.75.